The first kappa shape index (κ1) is 15.7. The minimum atomic E-state index is -3.63. The van der Waals surface area contributed by atoms with Crippen LogP contribution in [0.5, 0.6) is 0 Å². The van der Waals surface area contributed by atoms with Crippen LogP contribution in [-0.2, 0) is 14.8 Å². The smallest absolute Gasteiger partial charge is 0.359 e. The Morgan fingerprint density at radius 3 is 2.81 bits per heavy atom. The number of carbonyl (C=O) groups excluding carboxylic acids is 1. The third-order valence-electron chi connectivity index (χ3n) is 3.46. The molecular weight excluding hydrogens is 294 g/mol. The van der Waals surface area contributed by atoms with E-state index in [1.54, 1.807) is 6.92 Å². The average Bonchev–Trinajstić information content (AvgIpc) is 2.85. The topological polar surface area (TPSA) is 103 Å². The number of nitrogens with zero attached hydrogens (tertiary/aromatic N) is 2. The van der Waals surface area contributed by atoms with Gasteiger partial charge in [-0.1, -0.05) is 0 Å². The number of pyridine rings is 1. The van der Waals surface area contributed by atoms with E-state index in [-0.39, 0.29) is 28.9 Å². The third-order valence-corrected chi connectivity index (χ3v) is 5.44. The fourth-order valence-electron chi connectivity index (χ4n) is 2.37. The van der Waals surface area contributed by atoms with Crippen LogP contribution in [0.25, 0.3) is 0 Å². The SMILES string of the molecule is CCOC(=O)c1ncc(S(=O)(=O)N2CCC[C@@H]2C)cc1N. The monoisotopic (exact) mass is 313 g/mol. The second-order valence-electron chi connectivity index (χ2n) is 4.94. The molecule has 1 aromatic heterocycles. The van der Waals surface area contributed by atoms with E-state index >= 15 is 0 Å². The Hall–Kier alpha value is -1.67. The molecule has 1 atom stereocenters. The molecule has 2 heterocycles. The summed E-state index contributed by atoms with van der Waals surface area (Å²) in [7, 11) is -3.63. The van der Waals surface area contributed by atoms with E-state index < -0.39 is 16.0 Å². The second-order valence-corrected chi connectivity index (χ2v) is 6.83. The van der Waals surface area contributed by atoms with E-state index in [9.17, 15) is 13.2 Å². The van der Waals surface area contributed by atoms with Gasteiger partial charge < -0.3 is 10.5 Å². The number of carbonyl (C=O) groups is 1. The Morgan fingerprint density at radius 1 is 1.57 bits per heavy atom. The molecule has 0 bridgehead atoms. The molecule has 116 valence electrons. The largest absolute Gasteiger partial charge is 0.461 e. The van der Waals surface area contributed by atoms with Gasteiger partial charge in [0.1, 0.15) is 4.90 Å². The molecule has 0 spiro atoms. The van der Waals surface area contributed by atoms with Crippen LogP contribution < -0.4 is 5.73 Å². The molecule has 21 heavy (non-hydrogen) atoms. The third kappa shape index (κ3) is 3.01. The Bertz CT molecular complexity index is 645. The van der Waals surface area contributed by atoms with Gasteiger partial charge in [-0.3, -0.25) is 0 Å². The number of sulfonamides is 1. The number of esters is 1. The standard InChI is InChI=1S/C13H19N3O4S/c1-3-20-13(17)12-11(14)7-10(8-15-12)21(18,19)16-6-4-5-9(16)2/h7-9H,3-6,14H2,1-2H3/t9-/m0/s1. The minimum Gasteiger partial charge on any atom is -0.461 e. The fourth-order valence-corrected chi connectivity index (χ4v) is 4.05. The zero-order valence-corrected chi connectivity index (χ0v) is 12.9. The van der Waals surface area contributed by atoms with Gasteiger partial charge in [0.15, 0.2) is 5.69 Å². The summed E-state index contributed by atoms with van der Waals surface area (Å²) in [5.74, 6) is -0.659. The van der Waals surface area contributed by atoms with Crippen molar-refractivity contribution in [2.45, 2.75) is 37.6 Å². The summed E-state index contributed by atoms with van der Waals surface area (Å²) in [4.78, 5) is 15.5. The van der Waals surface area contributed by atoms with Gasteiger partial charge in [-0.05, 0) is 32.8 Å². The van der Waals surface area contributed by atoms with E-state index in [4.69, 9.17) is 10.5 Å². The summed E-state index contributed by atoms with van der Waals surface area (Å²) in [6, 6.07) is 1.22. The van der Waals surface area contributed by atoms with Crippen molar-refractivity contribution in [3.63, 3.8) is 0 Å². The molecule has 7 nitrogen and oxygen atoms in total. The van der Waals surface area contributed by atoms with Gasteiger partial charge in [0.25, 0.3) is 0 Å². The number of aromatic nitrogens is 1. The lowest BCUT2D eigenvalue weighted by molar-refractivity contribution is 0.0520. The minimum absolute atomic E-state index is 0.00127. The first-order valence-corrected chi connectivity index (χ1v) is 8.26. The highest BCUT2D eigenvalue weighted by molar-refractivity contribution is 7.89. The molecule has 1 saturated heterocycles. The average molecular weight is 313 g/mol. The van der Waals surface area contributed by atoms with Gasteiger partial charge in [0, 0.05) is 18.8 Å². The molecule has 0 radical (unpaired) electrons. The number of ether oxygens (including phenoxy) is 1. The molecular formula is C13H19N3O4S. The molecule has 0 aromatic carbocycles. The summed E-state index contributed by atoms with van der Waals surface area (Å²) in [6.45, 7) is 4.23. The molecule has 2 rings (SSSR count). The van der Waals surface area contributed by atoms with Crippen molar-refractivity contribution in [2.24, 2.45) is 0 Å². The van der Waals surface area contributed by atoms with Gasteiger partial charge in [0.05, 0.1) is 12.3 Å². The predicted molar refractivity (Wildman–Crippen MR) is 77.2 cm³/mol. The molecule has 1 fully saturated rings. The molecule has 0 unspecified atom stereocenters. The summed E-state index contributed by atoms with van der Waals surface area (Å²) in [6.07, 6.45) is 2.83. The zero-order chi connectivity index (χ0) is 15.6. The van der Waals surface area contributed by atoms with Crippen molar-refractivity contribution in [3.05, 3.63) is 18.0 Å². The Balaban J connectivity index is 2.33. The normalized spacial score (nSPS) is 19.6. The number of rotatable bonds is 4. The van der Waals surface area contributed by atoms with E-state index in [2.05, 4.69) is 4.98 Å². The Labute approximate surface area is 124 Å². The summed E-state index contributed by atoms with van der Waals surface area (Å²) < 4.78 is 31.3. The molecule has 1 aliphatic heterocycles. The van der Waals surface area contributed by atoms with E-state index in [1.165, 1.54) is 10.4 Å². The predicted octanol–water partition coefficient (Wildman–Crippen LogP) is 1.01. The maximum atomic E-state index is 12.5. The summed E-state index contributed by atoms with van der Waals surface area (Å²) in [5.41, 5.74) is 5.67. The number of nitrogen functional groups attached to an aromatic ring is 1. The molecule has 8 heteroatoms. The van der Waals surface area contributed by atoms with Crippen LogP contribution in [0.1, 0.15) is 37.2 Å². The maximum absolute atomic E-state index is 12.5. The van der Waals surface area contributed by atoms with Crippen LogP contribution in [0.3, 0.4) is 0 Å². The van der Waals surface area contributed by atoms with Crippen molar-refractivity contribution < 1.29 is 17.9 Å². The Kier molecular flexibility index (Phi) is 4.48. The van der Waals surface area contributed by atoms with Gasteiger partial charge in [0.2, 0.25) is 10.0 Å². The zero-order valence-electron chi connectivity index (χ0n) is 12.1. The van der Waals surface area contributed by atoms with Gasteiger partial charge >= 0.3 is 5.97 Å². The highest BCUT2D eigenvalue weighted by Crippen LogP contribution is 2.26. The van der Waals surface area contributed by atoms with Crippen molar-refractivity contribution in [1.29, 1.82) is 0 Å². The lowest BCUT2D eigenvalue weighted by Gasteiger charge is -2.21. The van der Waals surface area contributed by atoms with Gasteiger partial charge in [-0.2, -0.15) is 4.31 Å². The quantitative estimate of drug-likeness (QED) is 0.832. The highest BCUT2D eigenvalue weighted by Gasteiger charge is 2.33. The van der Waals surface area contributed by atoms with Crippen LogP contribution in [0.15, 0.2) is 17.2 Å². The molecule has 1 aliphatic rings. The lowest BCUT2D eigenvalue weighted by Crippen LogP contribution is -2.33. The van der Waals surface area contributed by atoms with E-state index in [1.807, 2.05) is 6.92 Å². The highest BCUT2D eigenvalue weighted by atomic mass is 32.2. The van der Waals surface area contributed by atoms with Crippen LogP contribution in [-0.4, -0.2) is 42.9 Å². The van der Waals surface area contributed by atoms with Gasteiger partial charge in [-0.25, -0.2) is 18.2 Å². The Morgan fingerprint density at radius 2 is 2.29 bits per heavy atom. The van der Waals surface area contributed by atoms with Crippen LogP contribution in [0.4, 0.5) is 5.69 Å². The molecule has 0 saturated carbocycles. The van der Waals surface area contributed by atoms with Crippen LogP contribution >= 0.6 is 0 Å². The first-order chi connectivity index (χ1) is 9.87. The van der Waals surface area contributed by atoms with Crippen molar-refractivity contribution in [1.82, 2.24) is 9.29 Å². The van der Waals surface area contributed by atoms with Crippen molar-refractivity contribution >= 4 is 21.7 Å². The van der Waals surface area contributed by atoms with Crippen LogP contribution in [0, 0.1) is 0 Å². The number of hydrogen-bond acceptors (Lipinski definition) is 6. The number of hydrogen-bond donors (Lipinski definition) is 1. The van der Waals surface area contributed by atoms with Crippen molar-refractivity contribution in [3.8, 4) is 0 Å². The maximum Gasteiger partial charge on any atom is 0.359 e. The first-order valence-electron chi connectivity index (χ1n) is 6.82. The number of anilines is 1. The summed E-state index contributed by atoms with van der Waals surface area (Å²) in [5, 5.41) is 0. The molecule has 1 aromatic rings. The van der Waals surface area contributed by atoms with E-state index in [0.29, 0.717) is 6.54 Å². The molecule has 0 aliphatic carbocycles. The van der Waals surface area contributed by atoms with Crippen LogP contribution in [0.2, 0.25) is 0 Å². The molecule has 0 amide bonds. The number of nitrogens with two attached hydrogens (primary N) is 1. The summed E-state index contributed by atoms with van der Waals surface area (Å²) >= 11 is 0. The van der Waals surface area contributed by atoms with E-state index in [0.717, 1.165) is 19.0 Å². The lowest BCUT2D eigenvalue weighted by atomic mass is 10.3. The fraction of sp³-hybridized carbons (Fsp3) is 0.538. The van der Waals surface area contributed by atoms with Gasteiger partial charge in [-0.15, -0.1) is 0 Å². The van der Waals surface area contributed by atoms with Crippen molar-refractivity contribution in [2.75, 3.05) is 18.9 Å². The second kappa shape index (κ2) is 5.98. The molecule has 2 N–H and O–H groups in total.